The molecule has 0 heterocycles. The lowest BCUT2D eigenvalue weighted by molar-refractivity contribution is -0.119. The van der Waals surface area contributed by atoms with Gasteiger partial charge < -0.3 is 20.5 Å². The number of carbonyl (C=O) groups excluding carboxylic acids is 1. The third-order valence-corrected chi connectivity index (χ3v) is 2.37. The predicted molar refractivity (Wildman–Crippen MR) is 69.0 cm³/mol. The van der Waals surface area contributed by atoms with E-state index in [4.69, 9.17) is 4.74 Å². The van der Waals surface area contributed by atoms with Crippen molar-refractivity contribution in [1.82, 2.24) is 10.6 Å². The predicted octanol–water partition coefficient (Wildman–Crippen LogP) is -0.100. The highest BCUT2D eigenvalue weighted by atomic mass is 16.5. The molecular formula is C13H20N2O3. The number of benzene rings is 1. The number of nitrogens with one attached hydrogen (secondary N) is 2. The van der Waals surface area contributed by atoms with Crippen LogP contribution in [0.15, 0.2) is 30.3 Å². The van der Waals surface area contributed by atoms with Crippen LogP contribution in [-0.4, -0.2) is 43.9 Å². The van der Waals surface area contributed by atoms with Gasteiger partial charge in [-0.25, -0.2) is 0 Å². The Bertz CT molecular complexity index is 343. The van der Waals surface area contributed by atoms with Crippen molar-refractivity contribution in [1.29, 1.82) is 0 Å². The van der Waals surface area contributed by atoms with Gasteiger partial charge >= 0.3 is 0 Å². The van der Waals surface area contributed by atoms with Crippen LogP contribution in [0.1, 0.15) is 5.56 Å². The molecule has 1 amide bonds. The smallest absolute Gasteiger partial charge is 0.233 e. The molecule has 0 saturated heterocycles. The van der Waals surface area contributed by atoms with Crippen molar-refractivity contribution < 1.29 is 14.6 Å². The van der Waals surface area contributed by atoms with Crippen molar-refractivity contribution in [2.75, 3.05) is 26.7 Å². The molecule has 1 atom stereocenters. The van der Waals surface area contributed by atoms with Gasteiger partial charge in [0, 0.05) is 13.6 Å². The van der Waals surface area contributed by atoms with E-state index in [1.165, 1.54) is 0 Å². The van der Waals surface area contributed by atoms with Crippen molar-refractivity contribution in [2.24, 2.45) is 0 Å². The van der Waals surface area contributed by atoms with Crippen LogP contribution >= 0.6 is 0 Å². The molecule has 0 aliphatic rings. The first-order valence-electron chi connectivity index (χ1n) is 5.93. The van der Waals surface area contributed by atoms with Gasteiger partial charge in [0.05, 0.1) is 25.9 Å². The topological polar surface area (TPSA) is 70.6 Å². The lowest BCUT2D eigenvalue weighted by atomic mass is 10.2. The molecule has 1 aromatic carbocycles. The Morgan fingerprint density at radius 3 is 2.78 bits per heavy atom. The van der Waals surface area contributed by atoms with Crippen molar-refractivity contribution in [3.05, 3.63) is 35.9 Å². The fourth-order valence-electron chi connectivity index (χ4n) is 1.39. The second-order valence-corrected chi connectivity index (χ2v) is 3.96. The quantitative estimate of drug-likeness (QED) is 0.604. The Morgan fingerprint density at radius 1 is 1.39 bits per heavy atom. The number of likely N-dealkylation sites (N-methyl/N-ethyl adjacent to an activating group) is 1. The van der Waals surface area contributed by atoms with E-state index in [1.807, 2.05) is 30.3 Å². The van der Waals surface area contributed by atoms with Gasteiger partial charge in [0.25, 0.3) is 0 Å². The Morgan fingerprint density at radius 2 is 2.11 bits per heavy atom. The monoisotopic (exact) mass is 252 g/mol. The van der Waals surface area contributed by atoms with E-state index in [0.717, 1.165) is 5.56 Å². The molecule has 0 aliphatic carbocycles. The van der Waals surface area contributed by atoms with Crippen LogP contribution in [0, 0.1) is 0 Å². The number of aliphatic hydroxyl groups is 1. The molecule has 0 spiro atoms. The van der Waals surface area contributed by atoms with E-state index in [1.54, 1.807) is 7.05 Å². The van der Waals surface area contributed by atoms with Crippen LogP contribution in [0.25, 0.3) is 0 Å². The summed E-state index contributed by atoms with van der Waals surface area (Å²) in [6.45, 7) is 1.26. The average Bonchev–Trinajstić information content (AvgIpc) is 2.39. The van der Waals surface area contributed by atoms with Crippen molar-refractivity contribution in [2.45, 2.75) is 12.7 Å². The van der Waals surface area contributed by atoms with Gasteiger partial charge in [0.1, 0.15) is 0 Å². The molecule has 0 saturated carbocycles. The van der Waals surface area contributed by atoms with E-state index in [0.29, 0.717) is 13.2 Å². The maximum absolute atomic E-state index is 10.9. The van der Waals surface area contributed by atoms with E-state index >= 15 is 0 Å². The summed E-state index contributed by atoms with van der Waals surface area (Å²) < 4.78 is 5.37. The second-order valence-electron chi connectivity index (χ2n) is 3.96. The molecule has 1 aromatic rings. The molecule has 18 heavy (non-hydrogen) atoms. The summed E-state index contributed by atoms with van der Waals surface area (Å²) >= 11 is 0. The van der Waals surface area contributed by atoms with E-state index in [-0.39, 0.29) is 19.1 Å². The number of ether oxygens (including phenoxy) is 1. The van der Waals surface area contributed by atoms with E-state index in [9.17, 15) is 9.90 Å². The first-order valence-corrected chi connectivity index (χ1v) is 5.93. The fraction of sp³-hybridized carbons (Fsp3) is 0.462. The maximum atomic E-state index is 10.9. The molecule has 0 radical (unpaired) electrons. The third-order valence-electron chi connectivity index (χ3n) is 2.37. The first-order chi connectivity index (χ1) is 8.72. The second kappa shape index (κ2) is 8.63. The molecule has 5 nitrogen and oxygen atoms in total. The molecule has 3 N–H and O–H groups in total. The number of rotatable bonds is 8. The van der Waals surface area contributed by atoms with Crippen LogP contribution in [-0.2, 0) is 16.1 Å². The van der Waals surface area contributed by atoms with E-state index < -0.39 is 6.10 Å². The summed E-state index contributed by atoms with van der Waals surface area (Å²) in [4.78, 5) is 10.9. The van der Waals surface area contributed by atoms with Crippen LogP contribution in [0.4, 0.5) is 0 Å². The molecule has 0 bridgehead atoms. The minimum atomic E-state index is -0.613. The van der Waals surface area contributed by atoms with Crippen LogP contribution in [0.5, 0.6) is 0 Å². The van der Waals surface area contributed by atoms with Crippen molar-refractivity contribution >= 4 is 5.91 Å². The summed E-state index contributed by atoms with van der Waals surface area (Å²) in [6, 6.07) is 9.77. The van der Waals surface area contributed by atoms with Gasteiger partial charge in [-0.2, -0.15) is 0 Å². The van der Waals surface area contributed by atoms with Crippen LogP contribution < -0.4 is 10.6 Å². The first kappa shape index (κ1) is 14.6. The van der Waals surface area contributed by atoms with Gasteiger partial charge in [-0.3, -0.25) is 4.79 Å². The highest BCUT2D eigenvalue weighted by Gasteiger charge is 2.05. The standard InChI is InChI=1S/C13H20N2O3/c1-14-13(17)8-15-7-12(16)10-18-9-11-5-3-2-4-6-11/h2-6,12,15-16H,7-10H2,1H3,(H,14,17). The molecule has 5 heteroatoms. The number of aliphatic hydroxyl groups excluding tert-OH is 1. The number of amides is 1. The zero-order valence-electron chi connectivity index (χ0n) is 10.6. The molecule has 0 aliphatic heterocycles. The minimum absolute atomic E-state index is 0.104. The lowest BCUT2D eigenvalue weighted by Crippen LogP contribution is -2.37. The van der Waals surface area contributed by atoms with Crippen LogP contribution in [0.2, 0.25) is 0 Å². The van der Waals surface area contributed by atoms with Gasteiger partial charge in [-0.1, -0.05) is 30.3 Å². The Hall–Kier alpha value is -1.43. The number of hydrogen-bond donors (Lipinski definition) is 3. The zero-order valence-corrected chi connectivity index (χ0v) is 10.6. The van der Waals surface area contributed by atoms with E-state index in [2.05, 4.69) is 10.6 Å². The molecular weight excluding hydrogens is 232 g/mol. The lowest BCUT2D eigenvalue weighted by Gasteiger charge is -2.12. The Kier molecular flexibility index (Phi) is 7.01. The molecule has 0 aromatic heterocycles. The van der Waals surface area contributed by atoms with Gasteiger partial charge in [0.2, 0.25) is 5.91 Å². The summed E-state index contributed by atoms with van der Waals surface area (Å²) in [5.41, 5.74) is 1.07. The SMILES string of the molecule is CNC(=O)CNCC(O)COCc1ccccc1. The number of carbonyl (C=O) groups is 1. The van der Waals surface area contributed by atoms with Gasteiger partial charge in [0.15, 0.2) is 0 Å². The van der Waals surface area contributed by atoms with Crippen molar-refractivity contribution in [3.63, 3.8) is 0 Å². The number of hydrogen-bond acceptors (Lipinski definition) is 4. The third kappa shape index (κ3) is 6.34. The molecule has 1 rings (SSSR count). The summed E-state index contributed by atoms with van der Waals surface area (Å²) in [5, 5.41) is 14.9. The summed E-state index contributed by atoms with van der Waals surface area (Å²) in [6.07, 6.45) is -0.613. The molecule has 100 valence electrons. The summed E-state index contributed by atoms with van der Waals surface area (Å²) in [7, 11) is 1.57. The maximum Gasteiger partial charge on any atom is 0.233 e. The zero-order chi connectivity index (χ0) is 13.2. The largest absolute Gasteiger partial charge is 0.389 e. The van der Waals surface area contributed by atoms with Crippen molar-refractivity contribution in [3.8, 4) is 0 Å². The molecule has 0 fully saturated rings. The summed E-state index contributed by atoms with van der Waals surface area (Å²) in [5.74, 6) is -0.104. The van der Waals surface area contributed by atoms with Crippen LogP contribution in [0.3, 0.4) is 0 Å². The Balaban J connectivity index is 2.06. The Labute approximate surface area is 107 Å². The highest BCUT2D eigenvalue weighted by Crippen LogP contribution is 2.00. The highest BCUT2D eigenvalue weighted by molar-refractivity contribution is 5.77. The van der Waals surface area contributed by atoms with Gasteiger partial charge in [-0.05, 0) is 5.56 Å². The van der Waals surface area contributed by atoms with Gasteiger partial charge in [-0.15, -0.1) is 0 Å². The molecule has 1 unspecified atom stereocenters. The fourth-order valence-corrected chi connectivity index (χ4v) is 1.39. The average molecular weight is 252 g/mol. The normalized spacial score (nSPS) is 12.1. The minimum Gasteiger partial charge on any atom is -0.389 e.